The Labute approximate surface area is 168 Å². The van der Waals surface area contributed by atoms with Crippen molar-refractivity contribution in [3.8, 4) is 0 Å². The number of urea groups is 1. The monoisotopic (exact) mass is 399 g/mol. The normalized spacial score (nSPS) is 23.4. The van der Waals surface area contributed by atoms with Crippen molar-refractivity contribution in [2.45, 2.75) is 50.2 Å². The van der Waals surface area contributed by atoms with Crippen molar-refractivity contribution in [3.05, 3.63) is 65.7 Å². The number of hydrogen-bond donors (Lipinski definition) is 2. The van der Waals surface area contributed by atoms with Gasteiger partial charge in [-0.2, -0.15) is 0 Å². The van der Waals surface area contributed by atoms with Crippen LogP contribution < -0.4 is 10.6 Å². The number of hydrogen-bond acceptors (Lipinski definition) is 2. The molecular formula is C22H23F2N3O2. The summed E-state index contributed by atoms with van der Waals surface area (Å²) in [5.74, 6) is -1.09. The van der Waals surface area contributed by atoms with Gasteiger partial charge in [-0.05, 0) is 74.6 Å². The Kier molecular flexibility index (Phi) is 5.47. The minimum Gasteiger partial charge on any atom is -0.349 e. The summed E-state index contributed by atoms with van der Waals surface area (Å²) < 4.78 is 26.5. The van der Waals surface area contributed by atoms with Gasteiger partial charge in [-0.15, -0.1) is 0 Å². The molecule has 2 atom stereocenters. The minimum absolute atomic E-state index is 0.0285. The number of rotatable bonds is 3. The molecule has 0 saturated carbocycles. The van der Waals surface area contributed by atoms with Crippen LogP contribution in [0.3, 0.4) is 0 Å². The summed E-state index contributed by atoms with van der Waals surface area (Å²) in [6, 6.07) is 11.1. The van der Waals surface area contributed by atoms with E-state index in [1.807, 2.05) is 4.90 Å². The number of carbonyl (C=O) groups is 2. The highest BCUT2D eigenvalue weighted by Gasteiger charge is 2.41. The van der Waals surface area contributed by atoms with Gasteiger partial charge in [0, 0.05) is 29.4 Å². The van der Waals surface area contributed by atoms with Gasteiger partial charge < -0.3 is 15.5 Å². The molecule has 2 heterocycles. The van der Waals surface area contributed by atoms with Crippen molar-refractivity contribution in [1.29, 1.82) is 0 Å². The number of benzene rings is 2. The second-order valence-electron chi connectivity index (χ2n) is 7.74. The number of nitrogens with zero attached hydrogens (tertiary/aromatic N) is 1. The molecule has 2 aromatic rings. The predicted molar refractivity (Wildman–Crippen MR) is 106 cm³/mol. The van der Waals surface area contributed by atoms with Crippen LogP contribution in [0.1, 0.15) is 42.5 Å². The molecule has 2 saturated heterocycles. The van der Waals surface area contributed by atoms with Gasteiger partial charge in [0.1, 0.15) is 11.6 Å². The van der Waals surface area contributed by atoms with Gasteiger partial charge in [-0.25, -0.2) is 13.6 Å². The molecule has 7 heteroatoms. The lowest BCUT2D eigenvalue weighted by Crippen LogP contribution is -2.59. The van der Waals surface area contributed by atoms with Gasteiger partial charge in [0.25, 0.3) is 5.91 Å². The van der Waals surface area contributed by atoms with Gasteiger partial charge in [0.2, 0.25) is 0 Å². The average Bonchev–Trinajstić information content (AvgIpc) is 2.69. The van der Waals surface area contributed by atoms with Crippen LogP contribution >= 0.6 is 0 Å². The molecule has 4 rings (SSSR count). The van der Waals surface area contributed by atoms with Crippen LogP contribution in [0.25, 0.3) is 0 Å². The first kappa shape index (κ1) is 19.4. The largest absolute Gasteiger partial charge is 0.349 e. The molecule has 2 aliphatic rings. The van der Waals surface area contributed by atoms with E-state index in [1.54, 1.807) is 6.07 Å². The molecule has 0 aliphatic carbocycles. The van der Waals surface area contributed by atoms with Crippen LogP contribution in [0.2, 0.25) is 0 Å². The number of piperidine rings is 2. The summed E-state index contributed by atoms with van der Waals surface area (Å²) in [6.07, 6.45) is 4.11. The lowest BCUT2D eigenvalue weighted by Gasteiger charge is -2.48. The third-order valence-corrected chi connectivity index (χ3v) is 5.73. The van der Waals surface area contributed by atoms with Crippen molar-refractivity contribution >= 4 is 17.6 Å². The Bertz CT molecular complexity index is 889. The predicted octanol–water partition coefficient (Wildman–Crippen LogP) is 4.31. The maximum absolute atomic E-state index is 13.4. The smallest absolute Gasteiger partial charge is 0.322 e. The van der Waals surface area contributed by atoms with Gasteiger partial charge in [0.15, 0.2) is 0 Å². The van der Waals surface area contributed by atoms with Crippen LogP contribution in [-0.4, -0.2) is 35.0 Å². The van der Waals surface area contributed by atoms with Gasteiger partial charge >= 0.3 is 6.03 Å². The first-order valence-electron chi connectivity index (χ1n) is 9.91. The van der Waals surface area contributed by atoms with E-state index in [9.17, 15) is 18.4 Å². The summed E-state index contributed by atoms with van der Waals surface area (Å²) in [7, 11) is 0. The third kappa shape index (κ3) is 4.39. The lowest BCUT2D eigenvalue weighted by molar-refractivity contribution is 0.0577. The standard InChI is InChI=1S/C22H23F2N3O2/c23-15-7-9-17(10-8-15)26-22(29)27-19-5-2-6-20(27)13-18(12-19)25-21(28)14-3-1-4-16(24)11-14/h1,3-4,7-11,18-20H,2,5-6,12-13H2,(H,25,28)(H,26,29). The molecule has 5 nitrogen and oxygen atoms in total. The van der Waals surface area contributed by atoms with E-state index in [2.05, 4.69) is 10.6 Å². The highest BCUT2D eigenvalue weighted by atomic mass is 19.1. The van der Waals surface area contributed by atoms with E-state index in [0.29, 0.717) is 24.1 Å². The molecule has 2 fully saturated rings. The highest BCUT2D eigenvalue weighted by Crippen LogP contribution is 2.34. The van der Waals surface area contributed by atoms with Crippen LogP contribution in [0.15, 0.2) is 48.5 Å². The second-order valence-corrected chi connectivity index (χ2v) is 7.74. The van der Waals surface area contributed by atoms with Crippen LogP contribution in [-0.2, 0) is 0 Å². The van der Waals surface area contributed by atoms with Crippen molar-refractivity contribution in [1.82, 2.24) is 10.2 Å². The van der Waals surface area contributed by atoms with Gasteiger partial charge in [-0.3, -0.25) is 4.79 Å². The van der Waals surface area contributed by atoms with E-state index >= 15 is 0 Å². The van der Waals surface area contributed by atoms with Gasteiger partial charge in [0.05, 0.1) is 0 Å². The Morgan fingerprint density at radius 2 is 1.62 bits per heavy atom. The molecule has 0 spiro atoms. The Morgan fingerprint density at radius 3 is 2.28 bits per heavy atom. The average molecular weight is 399 g/mol. The molecule has 3 amide bonds. The molecule has 2 aliphatic heterocycles. The quantitative estimate of drug-likeness (QED) is 0.808. The molecule has 0 radical (unpaired) electrons. The van der Waals surface area contributed by atoms with Gasteiger partial charge in [-0.1, -0.05) is 6.07 Å². The molecule has 2 unspecified atom stereocenters. The van der Waals surface area contributed by atoms with Crippen molar-refractivity contribution in [3.63, 3.8) is 0 Å². The van der Waals surface area contributed by atoms with Crippen LogP contribution in [0.5, 0.6) is 0 Å². The first-order chi connectivity index (χ1) is 14.0. The highest BCUT2D eigenvalue weighted by molar-refractivity contribution is 5.94. The van der Waals surface area contributed by atoms with E-state index < -0.39 is 5.82 Å². The van der Waals surface area contributed by atoms with E-state index in [-0.39, 0.29) is 35.9 Å². The lowest BCUT2D eigenvalue weighted by atomic mass is 9.82. The topological polar surface area (TPSA) is 61.4 Å². The van der Waals surface area contributed by atoms with E-state index in [4.69, 9.17) is 0 Å². The SMILES string of the molecule is O=C(NC1CC2CCCC(C1)N2C(=O)Nc1ccc(F)cc1)c1cccc(F)c1. The van der Waals surface area contributed by atoms with E-state index in [1.165, 1.54) is 42.5 Å². The summed E-state index contributed by atoms with van der Waals surface area (Å²) in [6.45, 7) is 0. The number of halogens is 2. The zero-order valence-electron chi connectivity index (χ0n) is 15.9. The van der Waals surface area contributed by atoms with Crippen LogP contribution in [0.4, 0.5) is 19.3 Å². The van der Waals surface area contributed by atoms with Crippen molar-refractivity contribution in [2.75, 3.05) is 5.32 Å². The minimum atomic E-state index is -0.443. The molecule has 2 N–H and O–H groups in total. The summed E-state index contributed by atoms with van der Waals surface area (Å²) >= 11 is 0. The Hall–Kier alpha value is -2.96. The number of anilines is 1. The van der Waals surface area contributed by atoms with Crippen LogP contribution in [0, 0.1) is 11.6 Å². The third-order valence-electron chi connectivity index (χ3n) is 5.73. The zero-order chi connectivity index (χ0) is 20.4. The fourth-order valence-electron chi connectivity index (χ4n) is 4.45. The second kappa shape index (κ2) is 8.19. The fourth-order valence-corrected chi connectivity index (χ4v) is 4.45. The Balaban J connectivity index is 1.41. The summed E-state index contributed by atoms with van der Waals surface area (Å²) in [5.41, 5.74) is 0.850. The number of nitrogens with one attached hydrogen (secondary N) is 2. The van der Waals surface area contributed by atoms with Crippen molar-refractivity contribution in [2.24, 2.45) is 0 Å². The summed E-state index contributed by atoms with van der Waals surface area (Å²) in [5, 5.41) is 5.85. The first-order valence-corrected chi connectivity index (χ1v) is 9.91. The number of amides is 3. The molecule has 0 aromatic heterocycles. The Morgan fingerprint density at radius 1 is 0.931 bits per heavy atom. The fraction of sp³-hybridized carbons (Fsp3) is 0.364. The number of carbonyl (C=O) groups excluding carboxylic acids is 2. The summed E-state index contributed by atoms with van der Waals surface area (Å²) in [4.78, 5) is 27.2. The molecule has 2 aromatic carbocycles. The maximum Gasteiger partial charge on any atom is 0.322 e. The molecule has 29 heavy (non-hydrogen) atoms. The maximum atomic E-state index is 13.4. The molecular weight excluding hydrogens is 376 g/mol. The molecule has 2 bridgehead atoms. The molecule has 152 valence electrons. The number of fused-ring (bicyclic) bond motifs is 2. The van der Waals surface area contributed by atoms with Crippen molar-refractivity contribution < 1.29 is 18.4 Å². The van der Waals surface area contributed by atoms with E-state index in [0.717, 1.165) is 19.3 Å². The zero-order valence-corrected chi connectivity index (χ0v) is 15.9.